The van der Waals surface area contributed by atoms with Gasteiger partial charge in [0.15, 0.2) is 0 Å². The highest BCUT2D eigenvalue weighted by molar-refractivity contribution is 6.07. The molecule has 0 bridgehead atoms. The van der Waals surface area contributed by atoms with Crippen LogP contribution in [-0.4, -0.2) is 10.5 Å². The SMILES string of the molecule is CCCn1cc(NC(=O)c2ccc(F)cc2N)ccc1=O. The second-order valence-electron chi connectivity index (χ2n) is 4.64. The molecular weight excluding hydrogens is 273 g/mol. The Kier molecular flexibility index (Phi) is 4.37. The molecule has 110 valence electrons. The minimum Gasteiger partial charge on any atom is -0.398 e. The lowest BCUT2D eigenvalue weighted by Crippen LogP contribution is -2.21. The summed E-state index contributed by atoms with van der Waals surface area (Å²) in [6.45, 7) is 2.53. The van der Waals surface area contributed by atoms with Crippen molar-refractivity contribution in [2.75, 3.05) is 11.1 Å². The van der Waals surface area contributed by atoms with Crippen molar-refractivity contribution < 1.29 is 9.18 Å². The fraction of sp³-hybridized carbons (Fsp3) is 0.200. The van der Waals surface area contributed by atoms with E-state index in [1.54, 1.807) is 6.20 Å². The first-order valence-electron chi connectivity index (χ1n) is 6.58. The predicted molar refractivity (Wildman–Crippen MR) is 79.8 cm³/mol. The second-order valence-corrected chi connectivity index (χ2v) is 4.64. The lowest BCUT2D eigenvalue weighted by atomic mass is 10.1. The number of aryl methyl sites for hydroxylation is 1. The third kappa shape index (κ3) is 3.47. The van der Waals surface area contributed by atoms with Gasteiger partial charge in [-0.15, -0.1) is 0 Å². The number of hydrogen-bond donors (Lipinski definition) is 2. The Morgan fingerprint density at radius 2 is 2.10 bits per heavy atom. The van der Waals surface area contributed by atoms with Gasteiger partial charge in [-0.2, -0.15) is 0 Å². The standard InChI is InChI=1S/C15H16FN3O2/c1-2-7-19-9-11(4-6-14(19)20)18-15(21)12-5-3-10(16)8-13(12)17/h3-6,8-9H,2,7,17H2,1H3,(H,18,21). The fourth-order valence-corrected chi connectivity index (χ4v) is 1.96. The molecule has 0 spiro atoms. The number of carbonyl (C=O) groups excluding carboxylic acids is 1. The van der Waals surface area contributed by atoms with Gasteiger partial charge in [0.1, 0.15) is 5.82 Å². The predicted octanol–water partition coefficient (Wildman–Crippen LogP) is 2.23. The van der Waals surface area contributed by atoms with Crippen LogP contribution in [0.15, 0.2) is 41.3 Å². The summed E-state index contributed by atoms with van der Waals surface area (Å²) in [5.41, 5.74) is 6.23. The van der Waals surface area contributed by atoms with Crippen molar-refractivity contribution in [2.45, 2.75) is 19.9 Å². The first-order chi connectivity index (χ1) is 10.0. The Bertz CT molecular complexity index is 725. The molecule has 0 aliphatic carbocycles. The van der Waals surface area contributed by atoms with Crippen molar-refractivity contribution in [3.8, 4) is 0 Å². The van der Waals surface area contributed by atoms with E-state index >= 15 is 0 Å². The van der Waals surface area contributed by atoms with Crippen LogP contribution >= 0.6 is 0 Å². The summed E-state index contributed by atoms with van der Waals surface area (Å²) in [7, 11) is 0. The zero-order valence-electron chi connectivity index (χ0n) is 11.6. The maximum Gasteiger partial charge on any atom is 0.257 e. The van der Waals surface area contributed by atoms with Gasteiger partial charge in [-0.3, -0.25) is 9.59 Å². The van der Waals surface area contributed by atoms with Gasteiger partial charge in [0.05, 0.1) is 11.3 Å². The maximum absolute atomic E-state index is 13.0. The molecule has 1 aromatic heterocycles. The van der Waals surface area contributed by atoms with Crippen molar-refractivity contribution in [1.29, 1.82) is 0 Å². The number of nitrogen functional groups attached to an aromatic ring is 1. The minimum atomic E-state index is -0.499. The van der Waals surface area contributed by atoms with E-state index in [0.29, 0.717) is 12.2 Å². The highest BCUT2D eigenvalue weighted by Gasteiger charge is 2.11. The third-order valence-corrected chi connectivity index (χ3v) is 2.96. The van der Waals surface area contributed by atoms with Crippen LogP contribution in [0.1, 0.15) is 23.7 Å². The van der Waals surface area contributed by atoms with Crippen LogP contribution in [-0.2, 0) is 6.54 Å². The number of nitrogens with zero attached hydrogens (tertiary/aromatic N) is 1. The van der Waals surface area contributed by atoms with Crippen molar-refractivity contribution in [2.24, 2.45) is 0 Å². The van der Waals surface area contributed by atoms with E-state index in [-0.39, 0.29) is 16.8 Å². The Labute approximate surface area is 121 Å². The number of anilines is 2. The molecule has 21 heavy (non-hydrogen) atoms. The van der Waals surface area contributed by atoms with Crippen LogP contribution in [0.25, 0.3) is 0 Å². The molecule has 6 heteroatoms. The molecule has 3 N–H and O–H groups in total. The number of nitrogens with one attached hydrogen (secondary N) is 1. The van der Waals surface area contributed by atoms with Gasteiger partial charge in [0.25, 0.3) is 11.5 Å². The zero-order valence-corrected chi connectivity index (χ0v) is 11.6. The van der Waals surface area contributed by atoms with Gasteiger partial charge >= 0.3 is 0 Å². The van der Waals surface area contributed by atoms with Crippen molar-refractivity contribution in [3.63, 3.8) is 0 Å². The molecule has 2 aromatic rings. The Hall–Kier alpha value is -2.63. The first-order valence-corrected chi connectivity index (χ1v) is 6.58. The largest absolute Gasteiger partial charge is 0.398 e. The normalized spacial score (nSPS) is 10.4. The van der Waals surface area contributed by atoms with Crippen LogP contribution in [0.3, 0.4) is 0 Å². The van der Waals surface area contributed by atoms with Crippen LogP contribution in [0.5, 0.6) is 0 Å². The summed E-state index contributed by atoms with van der Waals surface area (Å²) in [5.74, 6) is -0.949. The molecule has 0 aliphatic heterocycles. The van der Waals surface area contributed by atoms with Crippen molar-refractivity contribution in [1.82, 2.24) is 4.57 Å². The fourth-order valence-electron chi connectivity index (χ4n) is 1.96. The monoisotopic (exact) mass is 289 g/mol. The Morgan fingerprint density at radius 3 is 2.76 bits per heavy atom. The van der Waals surface area contributed by atoms with E-state index in [9.17, 15) is 14.0 Å². The Balaban J connectivity index is 2.23. The van der Waals surface area contributed by atoms with Gasteiger partial charge < -0.3 is 15.6 Å². The van der Waals surface area contributed by atoms with Crippen LogP contribution < -0.4 is 16.6 Å². The summed E-state index contributed by atoms with van der Waals surface area (Å²) in [6, 6.07) is 6.49. The molecule has 1 heterocycles. The van der Waals surface area contributed by atoms with Crippen LogP contribution in [0.2, 0.25) is 0 Å². The van der Waals surface area contributed by atoms with Gasteiger partial charge in [0, 0.05) is 24.5 Å². The summed E-state index contributed by atoms with van der Waals surface area (Å²) < 4.78 is 14.5. The summed E-state index contributed by atoms with van der Waals surface area (Å²) in [4.78, 5) is 23.7. The van der Waals surface area contributed by atoms with E-state index in [4.69, 9.17) is 5.73 Å². The van der Waals surface area contributed by atoms with E-state index in [0.717, 1.165) is 12.5 Å². The van der Waals surface area contributed by atoms with E-state index in [1.807, 2.05) is 6.92 Å². The molecule has 0 atom stereocenters. The molecule has 2 rings (SSSR count). The number of hydrogen-bond acceptors (Lipinski definition) is 3. The van der Waals surface area contributed by atoms with Gasteiger partial charge in [-0.25, -0.2) is 4.39 Å². The maximum atomic E-state index is 13.0. The third-order valence-electron chi connectivity index (χ3n) is 2.96. The molecular formula is C15H16FN3O2. The van der Waals surface area contributed by atoms with Gasteiger partial charge in [-0.05, 0) is 30.7 Å². The molecule has 1 aromatic carbocycles. The number of aromatic nitrogens is 1. The number of amides is 1. The number of rotatable bonds is 4. The quantitative estimate of drug-likeness (QED) is 0.847. The lowest BCUT2D eigenvalue weighted by molar-refractivity contribution is 0.102. The topological polar surface area (TPSA) is 77.1 Å². The van der Waals surface area contributed by atoms with Crippen LogP contribution in [0, 0.1) is 5.82 Å². The molecule has 1 amide bonds. The van der Waals surface area contributed by atoms with Crippen molar-refractivity contribution in [3.05, 3.63) is 58.3 Å². The average Bonchev–Trinajstić information content (AvgIpc) is 2.42. The Morgan fingerprint density at radius 1 is 1.33 bits per heavy atom. The molecule has 0 aliphatic rings. The van der Waals surface area contributed by atoms with E-state index in [1.165, 1.54) is 28.8 Å². The molecule has 0 unspecified atom stereocenters. The highest BCUT2D eigenvalue weighted by Crippen LogP contribution is 2.15. The van der Waals surface area contributed by atoms with E-state index < -0.39 is 11.7 Å². The summed E-state index contributed by atoms with van der Waals surface area (Å²) >= 11 is 0. The molecule has 0 saturated carbocycles. The van der Waals surface area contributed by atoms with Gasteiger partial charge in [0.2, 0.25) is 0 Å². The highest BCUT2D eigenvalue weighted by atomic mass is 19.1. The second kappa shape index (κ2) is 6.21. The number of benzene rings is 1. The van der Waals surface area contributed by atoms with Crippen molar-refractivity contribution >= 4 is 17.3 Å². The van der Waals surface area contributed by atoms with Crippen LogP contribution in [0.4, 0.5) is 15.8 Å². The summed E-state index contributed by atoms with van der Waals surface area (Å²) in [5, 5.41) is 2.64. The molecule has 0 saturated heterocycles. The number of halogens is 1. The van der Waals surface area contributed by atoms with E-state index in [2.05, 4.69) is 5.32 Å². The number of nitrogens with two attached hydrogens (primary N) is 1. The number of pyridine rings is 1. The smallest absolute Gasteiger partial charge is 0.257 e. The molecule has 5 nitrogen and oxygen atoms in total. The number of carbonyl (C=O) groups is 1. The zero-order chi connectivity index (χ0) is 15.4. The average molecular weight is 289 g/mol. The summed E-state index contributed by atoms with van der Waals surface area (Å²) in [6.07, 6.45) is 2.38. The molecule has 0 fully saturated rings. The minimum absolute atomic E-state index is 0.0642. The van der Waals surface area contributed by atoms with Gasteiger partial charge in [-0.1, -0.05) is 6.92 Å². The first kappa shape index (κ1) is 14.8. The molecule has 0 radical (unpaired) electrons. The lowest BCUT2D eigenvalue weighted by Gasteiger charge is -2.10.